The molecule has 0 saturated carbocycles. The molecule has 0 aliphatic heterocycles. The molecule has 0 radical (unpaired) electrons. The average Bonchev–Trinajstić information content (AvgIpc) is 2.51. The first-order valence-corrected chi connectivity index (χ1v) is 7.44. The minimum Gasteiger partial charge on any atom is -0.481 e. The first-order valence-electron chi connectivity index (χ1n) is 7.44. The zero-order chi connectivity index (χ0) is 23.1. The molecule has 0 heterocycles. The highest BCUT2D eigenvalue weighted by Gasteiger charge is 1.99. The van der Waals surface area contributed by atoms with Crippen LogP contribution in [-0.2, 0) is 19.2 Å². The molecule has 0 amide bonds. The first kappa shape index (κ1) is 32.5. The third-order valence-electron chi connectivity index (χ3n) is 1.49. The minimum absolute atomic E-state index is 0.325. The Morgan fingerprint density at radius 3 is 1.32 bits per heavy atom. The van der Waals surface area contributed by atoms with Crippen molar-refractivity contribution in [3.05, 3.63) is 30.3 Å². The van der Waals surface area contributed by atoms with Crippen molar-refractivity contribution in [3.63, 3.8) is 0 Å². The summed E-state index contributed by atoms with van der Waals surface area (Å²) < 4.78 is 0. The van der Waals surface area contributed by atoms with E-state index in [9.17, 15) is 5.21 Å². The van der Waals surface area contributed by atoms with Gasteiger partial charge in [-0.2, -0.15) is 0 Å². The number of nitrogens with zero attached hydrogens (tertiary/aromatic N) is 1. The lowest BCUT2D eigenvalue weighted by molar-refractivity contribution is -0.135. The van der Waals surface area contributed by atoms with E-state index in [1.807, 2.05) is 23.7 Å². The van der Waals surface area contributed by atoms with Crippen molar-refractivity contribution >= 4 is 29.6 Å². The van der Waals surface area contributed by atoms with E-state index in [4.69, 9.17) is 44.8 Å². The molecule has 0 unspecified atom stereocenters. The van der Waals surface area contributed by atoms with E-state index in [2.05, 4.69) is 0 Å². The van der Waals surface area contributed by atoms with Crippen molar-refractivity contribution < 1.29 is 50.0 Å². The second-order valence-corrected chi connectivity index (χ2v) is 4.44. The lowest BCUT2D eigenvalue weighted by atomic mass is 10.3. The van der Waals surface area contributed by atoms with Crippen LogP contribution in [0.2, 0.25) is 0 Å². The molecular weight excluding hydrogens is 380 g/mol. The topological polar surface area (TPSA) is 205 Å². The fourth-order valence-electron chi connectivity index (χ4n) is 0.885. The summed E-state index contributed by atoms with van der Waals surface area (Å²) in [5.74, 6) is -3.33. The van der Waals surface area contributed by atoms with Crippen LogP contribution in [0.25, 0.3) is 0 Å². The van der Waals surface area contributed by atoms with Crippen molar-refractivity contribution in [2.45, 2.75) is 27.7 Å². The molecule has 0 aliphatic carbocycles. The molecule has 1 rings (SSSR count). The Labute approximate surface area is 162 Å². The molecule has 0 saturated heterocycles. The van der Waals surface area contributed by atoms with Gasteiger partial charge in [0.2, 0.25) is 0 Å². The molecule has 0 spiro atoms. The molecule has 0 fully saturated rings. The predicted octanol–water partition coefficient (Wildman–Crippen LogP) is 1.22. The van der Waals surface area contributed by atoms with Gasteiger partial charge in [0, 0.05) is 34.2 Å². The van der Waals surface area contributed by atoms with Crippen LogP contribution in [0.5, 0.6) is 0 Å². The summed E-state index contributed by atoms with van der Waals surface area (Å²) in [4.78, 5) is 36.0. The number of hydroxylamine groups is 2. The summed E-state index contributed by atoms with van der Waals surface area (Å²) in [6.45, 7) is 5.01. The van der Waals surface area contributed by atoms with Crippen molar-refractivity contribution in [1.29, 1.82) is 0 Å². The van der Waals surface area contributed by atoms with Crippen LogP contribution in [0.3, 0.4) is 0 Å². The predicted molar refractivity (Wildman–Crippen MR) is 98.6 cm³/mol. The second kappa shape index (κ2) is 23.8. The number of rotatable bonds is 4. The van der Waals surface area contributed by atoms with Crippen LogP contribution in [-0.4, -0.2) is 67.8 Å². The summed E-state index contributed by atoms with van der Waals surface area (Å²) in [5.41, 5.74) is 2.68. The zero-order valence-corrected chi connectivity index (χ0v) is 16.1. The summed E-state index contributed by atoms with van der Waals surface area (Å²) in [6, 6.07) is 9.13. The van der Waals surface area contributed by atoms with E-state index in [0.717, 1.165) is 32.8 Å². The smallest absolute Gasteiger partial charge is 0.300 e. The Kier molecular flexibility index (Phi) is 27.6. The summed E-state index contributed by atoms with van der Waals surface area (Å²) in [7, 11) is 0. The molecule has 162 valence electrons. The lowest BCUT2D eigenvalue weighted by Gasteiger charge is -2.15. The van der Waals surface area contributed by atoms with Gasteiger partial charge in [-0.05, 0) is 12.1 Å². The highest BCUT2D eigenvalue weighted by molar-refractivity contribution is 5.63. The fourth-order valence-corrected chi connectivity index (χ4v) is 0.885. The Morgan fingerprint density at radius 2 is 1.07 bits per heavy atom. The van der Waals surface area contributed by atoms with Gasteiger partial charge in [0.05, 0.1) is 12.2 Å². The highest BCUT2D eigenvalue weighted by atomic mass is 16.5. The van der Waals surface area contributed by atoms with Gasteiger partial charge in [-0.3, -0.25) is 29.4 Å². The lowest BCUT2D eigenvalue weighted by Crippen LogP contribution is -2.27. The molecule has 0 bridgehead atoms. The van der Waals surface area contributed by atoms with Crippen molar-refractivity contribution in [2.75, 3.05) is 18.2 Å². The molecule has 7 N–H and O–H groups in total. The van der Waals surface area contributed by atoms with E-state index in [1.54, 1.807) is 12.1 Å². The van der Waals surface area contributed by atoms with E-state index in [0.29, 0.717) is 18.8 Å². The molecule has 0 atom stereocenters. The molecule has 0 aliphatic rings. The van der Waals surface area contributed by atoms with Crippen LogP contribution < -0.4 is 10.5 Å². The summed E-state index contributed by atoms with van der Waals surface area (Å²) in [5, 5.41) is 48.3. The average molecular weight is 408 g/mol. The third kappa shape index (κ3) is 66.2. The van der Waals surface area contributed by atoms with E-state index in [1.165, 1.54) is 0 Å². The number of nitrogens with one attached hydrogen (secondary N) is 1. The zero-order valence-electron chi connectivity index (χ0n) is 16.1. The van der Waals surface area contributed by atoms with Crippen LogP contribution in [0.4, 0.5) is 5.69 Å². The van der Waals surface area contributed by atoms with Gasteiger partial charge < -0.3 is 25.6 Å². The van der Waals surface area contributed by atoms with E-state index < -0.39 is 23.9 Å². The Hall–Kier alpha value is -3.22. The maximum Gasteiger partial charge on any atom is 0.300 e. The Bertz CT molecular complexity index is 473. The maximum absolute atomic E-state index is 9.33. The van der Waals surface area contributed by atoms with Gasteiger partial charge >= 0.3 is 0 Å². The quantitative estimate of drug-likeness (QED) is 0.351. The number of carboxylic acids is 4. The van der Waals surface area contributed by atoms with E-state index in [-0.39, 0.29) is 0 Å². The Balaban J connectivity index is -0.000000150. The monoisotopic (exact) mass is 408 g/mol. The van der Waals surface area contributed by atoms with Crippen LogP contribution in [0.1, 0.15) is 27.7 Å². The largest absolute Gasteiger partial charge is 0.481 e. The van der Waals surface area contributed by atoms with Gasteiger partial charge in [0.25, 0.3) is 23.9 Å². The van der Waals surface area contributed by atoms with Crippen LogP contribution >= 0.6 is 0 Å². The standard InChI is InChI=1S/C8H12N2O2.4C2H4O2/c11-9-6-7-10(12)8-4-2-1-3-5-8;4*1-2(3)4/h1-5,9,11-12H,6-7H2;4*1H3,(H,3,4). The normalized spacial score (nSPS) is 7.79. The van der Waals surface area contributed by atoms with E-state index >= 15 is 0 Å². The number of aliphatic carboxylic acids is 4. The maximum atomic E-state index is 9.33. The molecule has 12 heteroatoms. The molecule has 1 aromatic carbocycles. The van der Waals surface area contributed by atoms with Crippen molar-refractivity contribution in [2.24, 2.45) is 0 Å². The summed E-state index contributed by atoms with van der Waals surface area (Å²) >= 11 is 0. The van der Waals surface area contributed by atoms with Gasteiger partial charge in [0.15, 0.2) is 0 Å². The van der Waals surface area contributed by atoms with Gasteiger partial charge in [-0.1, -0.05) is 18.2 Å². The number of benzene rings is 1. The Morgan fingerprint density at radius 1 is 0.786 bits per heavy atom. The summed E-state index contributed by atoms with van der Waals surface area (Å²) in [6.07, 6.45) is 0. The minimum atomic E-state index is -0.833. The van der Waals surface area contributed by atoms with Crippen LogP contribution in [0.15, 0.2) is 30.3 Å². The second-order valence-electron chi connectivity index (χ2n) is 4.44. The molecular formula is C16H28N2O10. The number of para-hydroxylation sites is 1. The van der Waals surface area contributed by atoms with Gasteiger partial charge in [-0.15, -0.1) is 0 Å². The SMILES string of the molecule is CC(=O)O.CC(=O)O.CC(=O)O.CC(=O)O.ONCCN(O)c1ccccc1. The number of carbonyl (C=O) groups is 4. The van der Waals surface area contributed by atoms with Gasteiger partial charge in [0.1, 0.15) is 0 Å². The first-order chi connectivity index (χ1) is 12.8. The van der Waals surface area contributed by atoms with Crippen LogP contribution in [0, 0.1) is 0 Å². The van der Waals surface area contributed by atoms with Crippen molar-refractivity contribution in [3.8, 4) is 0 Å². The molecule has 1 aromatic rings. The number of anilines is 1. The number of hydrogen-bond donors (Lipinski definition) is 7. The third-order valence-corrected chi connectivity index (χ3v) is 1.49. The fraction of sp³-hybridized carbons (Fsp3) is 0.375. The molecule has 12 nitrogen and oxygen atoms in total. The van der Waals surface area contributed by atoms with Crippen molar-refractivity contribution in [1.82, 2.24) is 5.48 Å². The number of hydrogen-bond acceptors (Lipinski definition) is 8. The molecule has 28 heavy (non-hydrogen) atoms. The number of carboxylic acid groups (broad SMARTS) is 4. The van der Waals surface area contributed by atoms with Gasteiger partial charge in [-0.25, -0.2) is 5.48 Å². The highest BCUT2D eigenvalue weighted by Crippen LogP contribution is 2.09. The molecule has 0 aromatic heterocycles.